The number of methoxy groups -OCH3 is 1. The second-order valence-corrected chi connectivity index (χ2v) is 3.30. The number of benzene rings is 1. The van der Waals surface area contributed by atoms with E-state index in [9.17, 15) is 4.79 Å². The van der Waals surface area contributed by atoms with Crippen molar-refractivity contribution in [3.63, 3.8) is 0 Å². The summed E-state index contributed by atoms with van der Waals surface area (Å²) < 4.78 is 4.59. The highest BCUT2D eigenvalue weighted by atomic mass is 35.5. The second kappa shape index (κ2) is 7.22. The topological polar surface area (TPSA) is 78.3 Å². The molecule has 16 heavy (non-hydrogen) atoms. The number of esters is 1. The monoisotopic (exact) mass is 244 g/mol. The van der Waals surface area contributed by atoms with Gasteiger partial charge >= 0.3 is 5.97 Å². The highest BCUT2D eigenvalue weighted by Crippen LogP contribution is 2.14. The molecular formula is C11H17ClN2O2. The Hall–Kier alpha value is -1.10. The third-order valence-electron chi connectivity index (χ3n) is 2.24. The minimum absolute atomic E-state index is 0. The molecule has 0 heterocycles. The lowest BCUT2D eigenvalue weighted by Crippen LogP contribution is -2.15. The average Bonchev–Trinajstić information content (AvgIpc) is 2.28. The molecule has 0 saturated heterocycles. The molecular weight excluding hydrogens is 228 g/mol. The number of ether oxygens (including phenoxy) is 1. The van der Waals surface area contributed by atoms with Crippen molar-refractivity contribution >= 4 is 18.4 Å². The summed E-state index contributed by atoms with van der Waals surface area (Å²) in [5.74, 6) is -0.339. The van der Waals surface area contributed by atoms with Gasteiger partial charge in [-0.3, -0.25) is 0 Å². The van der Waals surface area contributed by atoms with Crippen LogP contribution in [0.2, 0.25) is 0 Å². The van der Waals surface area contributed by atoms with Crippen molar-refractivity contribution in [2.75, 3.05) is 13.7 Å². The lowest BCUT2D eigenvalue weighted by atomic mass is 10.0. The second-order valence-electron chi connectivity index (χ2n) is 3.30. The van der Waals surface area contributed by atoms with E-state index in [-0.39, 0.29) is 24.4 Å². The van der Waals surface area contributed by atoms with Gasteiger partial charge in [0, 0.05) is 6.04 Å². The van der Waals surface area contributed by atoms with Gasteiger partial charge in [0.25, 0.3) is 0 Å². The molecule has 1 aromatic carbocycles. The molecule has 0 unspecified atom stereocenters. The zero-order chi connectivity index (χ0) is 11.3. The minimum atomic E-state index is -0.339. The molecule has 0 radical (unpaired) electrons. The number of hydrogen-bond donors (Lipinski definition) is 2. The van der Waals surface area contributed by atoms with Crippen LogP contribution >= 0.6 is 12.4 Å². The van der Waals surface area contributed by atoms with Gasteiger partial charge < -0.3 is 16.2 Å². The highest BCUT2D eigenvalue weighted by Gasteiger charge is 2.07. The summed E-state index contributed by atoms with van der Waals surface area (Å²) in [4.78, 5) is 11.1. The maximum Gasteiger partial charge on any atom is 0.337 e. The smallest absolute Gasteiger partial charge is 0.337 e. The third kappa shape index (κ3) is 3.81. The van der Waals surface area contributed by atoms with Gasteiger partial charge in [-0.25, -0.2) is 4.79 Å². The summed E-state index contributed by atoms with van der Waals surface area (Å²) in [5, 5.41) is 0. The Morgan fingerprint density at radius 1 is 1.38 bits per heavy atom. The van der Waals surface area contributed by atoms with Crippen LogP contribution in [0, 0.1) is 0 Å². The van der Waals surface area contributed by atoms with Crippen LogP contribution in [0.4, 0.5) is 0 Å². The molecule has 0 aliphatic rings. The molecule has 5 heteroatoms. The SMILES string of the molecule is COC(=O)c1ccc([C@H](N)CCN)cc1.Cl. The van der Waals surface area contributed by atoms with E-state index in [4.69, 9.17) is 11.5 Å². The third-order valence-corrected chi connectivity index (χ3v) is 2.24. The maximum atomic E-state index is 11.1. The van der Waals surface area contributed by atoms with E-state index in [0.29, 0.717) is 12.1 Å². The molecule has 0 bridgehead atoms. The average molecular weight is 245 g/mol. The van der Waals surface area contributed by atoms with E-state index in [0.717, 1.165) is 12.0 Å². The molecule has 1 aromatic rings. The predicted molar refractivity (Wildman–Crippen MR) is 65.6 cm³/mol. The van der Waals surface area contributed by atoms with Crippen molar-refractivity contribution in [2.45, 2.75) is 12.5 Å². The van der Waals surface area contributed by atoms with Gasteiger partial charge in [0.05, 0.1) is 12.7 Å². The molecule has 0 fully saturated rings. The van der Waals surface area contributed by atoms with Gasteiger partial charge in [0.1, 0.15) is 0 Å². The van der Waals surface area contributed by atoms with Crippen LogP contribution in [0.3, 0.4) is 0 Å². The Balaban J connectivity index is 0.00000225. The van der Waals surface area contributed by atoms with Crippen LogP contribution in [0.15, 0.2) is 24.3 Å². The van der Waals surface area contributed by atoms with E-state index < -0.39 is 0 Å². The Kier molecular flexibility index (Phi) is 6.72. The Morgan fingerprint density at radius 2 is 1.94 bits per heavy atom. The fourth-order valence-electron chi connectivity index (χ4n) is 1.33. The number of halogens is 1. The number of rotatable bonds is 4. The van der Waals surface area contributed by atoms with Crippen LogP contribution in [0.5, 0.6) is 0 Å². The van der Waals surface area contributed by atoms with Crippen LogP contribution in [-0.4, -0.2) is 19.6 Å². The van der Waals surface area contributed by atoms with Crippen molar-refractivity contribution < 1.29 is 9.53 Å². The Bertz CT molecular complexity index is 327. The number of carbonyl (C=O) groups is 1. The summed E-state index contributed by atoms with van der Waals surface area (Å²) in [6.07, 6.45) is 0.734. The van der Waals surface area contributed by atoms with Gasteiger partial charge in [0.15, 0.2) is 0 Å². The van der Waals surface area contributed by atoms with E-state index >= 15 is 0 Å². The fourth-order valence-corrected chi connectivity index (χ4v) is 1.33. The minimum Gasteiger partial charge on any atom is -0.465 e. The molecule has 1 atom stereocenters. The van der Waals surface area contributed by atoms with Gasteiger partial charge in [-0.05, 0) is 30.7 Å². The summed E-state index contributed by atoms with van der Waals surface area (Å²) in [6, 6.07) is 7.00. The van der Waals surface area contributed by atoms with Crippen molar-refractivity contribution in [2.24, 2.45) is 11.5 Å². The van der Waals surface area contributed by atoms with E-state index in [1.165, 1.54) is 7.11 Å². The summed E-state index contributed by atoms with van der Waals surface area (Å²) in [7, 11) is 1.36. The van der Waals surface area contributed by atoms with Gasteiger partial charge in [-0.15, -0.1) is 12.4 Å². The first-order chi connectivity index (χ1) is 7.19. The van der Waals surface area contributed by atoms with Crippen LogP contribution in [-0.2, 0) is 4.74 Å². The first-order valence-corrected chi connectivity index (χ1v) is 4.83. The van der Waals surface area contributed by atoms with Gasteiger partial charge in [-0.1, -0.05) is 12.1 Å². The lowest BCUT2D eigenvalue weighted by molar-refractivity contribution is 0.0600. The van der Waals surface area contributed by atoms with Crippen LogP contribution < -0.4 is 11.5 Å². The summed E-state index contributed by atoms with van der Waals surface area (Å²) >= 11 is 0. The van der Waals surface area contributed by atoms with E-state index in [1.54, 1.807) is 12.1 Å². The van der Waals surface area contributed by atoms with Crippen molar-refractivity contribution in [1.82, 2.24) is 0 Å². The molecule has 1 rings (SSSR count). The standard InChI is InChI=1S/C11H16N2O2.ClH/c1-15-11(14)9-4-2-8(3-5-9)10(13)6-7-12;/h2-5,10H,6-7,12-13H2,1H3;1H/t10-;/m1./s1. The molecule has 0 spiro atoms. The van der Waals surface area contributed by atoms with Crippen LogP contribution in [0.1, 0.15) is 28.4 Å². The van der Waals surface area contributed by atoms with Crippen LogP contribution in [0.25, 0.3) is 0 Å². The molecule has 0 aliphatic carbocycles. The van der Waals surface area contributed by atoms with E-state index in [1.807, 2.05) is 12.1 Å². The van der Waals surface area contributed by atoms with E-state index in [2.05, 4.69) is 4.74 Å². The Morgan fingerprint density at radius 3 is 2.38 bits per heavy atom. The number of hydrogen-bond acceptors (Lipinski definition) is 4. The summed E-state index contributed by atoms with van der Waals surface area (Å²) in [5.41, 5.74) is 12.8. The molecule has 0 aliphatic heterocycles. The highest BCUT2D eigenvalue weighted by molar-refractivity contribution is 5.89. The van der Waals surface area contributed by atoms with Crippen molar-refractivity contribution in [1.29, 1.82) is 0 Å². The fraction of sp³-hybridized carbons (Fsp3) is 0.364. The summed E-state index contributed by atoms with van der Waals surface area (Å²) in [6.45, 7) is 0.555. The normalized spacial score (nSPS) is 11.4. The zero-order valence-corrected chi connectivity index (χ0v) is 10.00. The first kappa shape index (κ1) is 14.9. The largest absolute Gasteiger partial charge is 0.465 e. The first-order valence-electron chi connectivity index (χ1n) is 4.83. The van der Waals surface area contributed by atoms with Crippen molar-refractivity contribution in [3.05, 3.63) is 35.4 Å². The lowest BCUT2D eigenvalue weighted by Gasteiger charge is -2.10. The zero-order valence-electron chi connectivity index (χ0n) is 9.18. The molecule has 0 aromatic heterocycles. The quantitative estimate of drug-likeness (QED) is 0.782. The molecule has 4 N–H and O–H groups in total. The Labute approximate surface area is 101 Å². The molecule has 0 saturated carbocycles. The molecule has 0 amide bonds. The van der Waals surface area contributed by atoms with Crippen molar-refractivity contribution in [3.8, 4) is 0 Å². The van der Waals surface area contributed by atoms with Gasteiger partial charge in [0.2, 0.25) is 0 Å². The molecule has 4 nitrogen and oxygen atoms in total. The number of nitrogens with two attached hydrogens (primary N) is 2. The molecule has 90 valence electrons. The number of carbonyl (C=O) groups excluding carboxylic acids is 1. The maximum absolute atomic E-state index is 11.1. The predicted octanol–water partition coefficient (Wildman–Crippen LogP) is 1.24. The van der Waals surface area contributed by atoms with Gasteiger partial charge in [-0.2, -0.15) is 0 Å².